The highest BCUT2D eigenvalue weighted by atomic mass is 16.5. The number of aryl methyl sites for hydroxylation is 2. The third-order valence-electron chi connectivity index (χ3n) is 8.34. The summed E-state index contributed by atoms with van der Waals surface area (Å²) in [5, 5.41) is 0. The van der Waals surface area contributed by atoms with Crippen LogP contribution in [0.1, 0.15) is 155 Å². The Morgan fingerprint density at radius 1 is 0.429 bits per heavy atom. The van der Waals surface area contributed by atoms with Crippen molar-refractivity contribution in [2.24, 2.45) is 0 Å². The monoisotopic (exact) mass is 589 g/mol. The second kappa shape index (κ2) is 26.9. The maximum Gasteiger partial charge on any atom is 0.245 e. The van der Waals surface area contributed by atoms with Gasteiger partial charge in [0.25, 0.3) is 0 Å². The normalized spacial score (nSPS) is 11.6. The summed E-state index contributed by atoms with van der Waals surface area (Å²) in [5.74, 6) is 0. The number of rotatable bonds is 31. The van der Waals surface area contributed by atoms with Gasteiger partial charge in [0.15, 0.2) is 13.5 Å². The van der Waals surface area contributed by atoms with Crippen LogP contribution in [0.5, 0.6) is 0 Å². The Hall–Kier alpha value is -1.66. The van der Waals surface area contributed by atoms with Crippen molar-refractivity contribution in [2.45, 2.75) is 182 Å². The van der Waals surface area contributed by atoms with E-state index < -0.39 is 0 Å². The molecule has 0 saturated carbocycles. The first-order chi connectivity index (χ1) is 20.8. The molecular formula is C36H68N4O2+2. The maximum atomic E-state index is 5.90. The van der Waals surface area contributed by atoms with Crippen molar-refractivity contribution in [1.29, 1.82) is 0 Å². The summed E-state index contributed by atoms with van der Waals surface area (Å²) in [5.41, 5.74) is 0. The lowest BCUT2D eigenvalue weighted by molar-refractivity contribution is -0.732. The van der Waals surface area contributed by atoms with Crippen LogP contribution in [-0.2, 0) is 36.0 Å². The third-order valence-corrected chi connectivity index (χ3v) is 8.34. The minimum Gasteiger partial charge on any atom is -0.342 e. The van der Waals surface area contributed by atoms with E-state index in [1.54, 1.807) is 0 Å². The highest BCUT2D eigenvalue weighted by Gasteiger charge is 2.06. The molecule has 42 heavy (non-hydrogen) atoms. The number of unbranched alkanes of at least 4 members (excludes halogenated alkanes) is 19. The molecular weight excluding hydrogens is 520 g/mol. The molecule has 0 aliphatic rings. The first-order valence-corrected chi connectivity index (χ1v) is 18.1. The van der Waals surface area contributed by atoms with Crippen molar-refractivity contribution in [3.8, 4) is 0 Å². The maximum absolute atomic E-state index is 5.90. The van der Waals surface area contributed by atoms with Crippen molar-refractivity contribution in [2.75, 3.05) is 13.2 Å². The van der Waals surface area contributed by atoms with Crippen molar-refractivity contribution in [3.63, 3.8) is 0 Å². The van der Waals surface area contributed by atoms with Crippen LogP contribution in [0.2, 0.25) is 0 Å². The first kappa shape index (κ1) is 36.5. The Morgan fingerprint density at radius 2 is 0.762 bits per heavy atom. The van der Waals surface area contributed by atoms with Crippen LogP contribution in [0.25, 0.3) is 0 Å². The summed E-state index contributed by atoms with van der Waals surface area (Å²) >= 11 is 0. The van der Waals surface area contributed by atoms with Gasteiger partial charge in [0, 0.05) is 0 Å². The van der Waals surface area contributed by atoms with E-state index in [0.29, 0.717) is 13.5 Å². The largest absolute Gasteiger partial charge is 0.342 e. The van der Waals surface area contributed by atoms with Gasteiger partial charge in [-0.2, -0.15) is 0 Å². The molecule has 242 valence electrons. The van der Waals surface area contributed by atoms with Crippen molar-refractivity contribution >= 4 is 0 Å². The Morgan fingerprint density at radius 3 is 1.12 bits per heavy atom. The fourth-order valence-electron chi connectivity index (χ4n) is 5.61. The zero-order valence-electron chi connectivity index (χ0n) is 27.9. The van der Waals surface area contributed by atoms with Gasteiger partial charge in [-0.15, -0.1) is 0 Å². The standard InChI is InChI=1S/C36H68N4O2/c1-3-5-7-9-11-13-15-17-19-23-31-41-35-39-29-27-37(33-39)25-21-22-26-38-28-30-40(34-38)36-42-32-24-20-18-16-14-12-10-8-6-4-2/h27-30,33-34H,3-26,31-32,35-36H2,1-2H3/q+2. The second-order valence-electron chi connectivity index (χ2n) is 12.5. The van der Waals surface area contributed by atoms with E-state index in [4.69, 9.17) is 9.47 Å². The molecule has 2 aromatic rings. The zero-order chi connectivity index (χ0) is 29.8. The van der Waals surface area contributed by atoms with Crippen molar-refractivity contribution < 1.29 is 18.6 Å². The van der Waals surface area contributed by atoms with Crippen LogP contribution in [0.3, 0.4) is 0 Å². The molecule has 0 aromatic carbocycles. The quantitative estimate of drug-likeness (QED) is 0.0650. The first-order valence-electron chi connectivity index (χ1n) is 18.1. The SMILES string of the molecule is CCCCCCCCCCCCOC[n+]1ccn(CCCCn2cc[n+](COCCCCCCCCCCCC)c2)c1. The molecule has 0 saturated heterocycles. The lowest BCUT2D eigenvalue weighted by Gasteiger charge is -2.03. The fourth-order valence-corrected chi connectivity index (χ4v) is 5.61. The molecule has 0 amide bonds. The molecule has 0 radical (unpaired) electrons. The molecule has 0 aliphatic carbocycles. The van der Waals surface area contributed by atoms with Crippen molar-refractivity contribution in [1.82, 2.24) is 9.13 Å². The molecule has 0 unspecified atom stereocenters. The summed E-state index contributed by atoms with van der Waals surface area (Å²) in [6, 6.07) is 0. The van der Waals surface area contributed by atoms with Gasteiger partial charge in [0.05, 0.1) is 26.3 Å². The van der Waals surface area contributed by atoms with Crippen LogP contribution < -0.4 is 9.13 Å². The van der Waals surface area contributed by atoms with Crippen LogP contribution in [-0.4, -0.2) is 22.3 Å². The molecule has 2 heterocycles. The molecule has 0 bridgehead atoms. The second-order valence-corrected chi connectivity index (χ2v) is 12.5. The molecule has 2 rings (SSSR count). The summed E-state index contributed by atoms with van der Waals surface area (Å²) < 4.78 is 20.7. The fraction of sp³-hybridized carbons (Fsp3) is 0.833. The number of imidazole rings is 2. The molecule has 0 fully saturated rings. The number of ether oxygens (including phenoxy) is 2. The van der Waals surface area contributed by atoms with E-state index in [2.05, 4.69) is 69.6 Å². The van der Waals surface area contributed by atoms with Gasteiger partial charge in [-0.05, 0) is 25.7 Å². The van der Waals surface area contributed by atoms with Gasteiger partial charge in [-0.25, -0.2) is 18.3 Å². The van der Waals surface area contributed by atoms with Crippen LogP contribution in [0.15, 0.2) is 37.4 Å². The average molecular weight is 589 g/mol. The van der Waals surface area contributed by atoms with Crippen LogP contribution >= 0.6 is 0 Å². The lowest BCUT2D eigenvalue weighted by Crippen LogP contribution is -2.32. The summed E-state index contributed by atoms with van der Waals surface area (Å²) in [6.45, 7) is 9.74. The van der Waals surface area contributed by atoms with Crippen LogP contribution in [0, 0.1) is 0 Å². The summed E-state index contributed by atoms with van der Waals surface area (Å²) in [6.07, 6.45) is 42.6. The van der Waals surface area contributed by atoms with Gasteiger partial charge >= 0.3 is 0 Å². The number of nitrogens with zero attached hydrogens (tertiary/aromatic N) is 4. The highest BCUT2D eigenvalue weighted by molar-refractivity contribution is 4.68. The molecule has 6 heteroatoms. The van der Waals surface area contributed by atoms with E-state index in [-0.39, 0.29) is 0 Å². The van der Waals surface area contributed by atoms with E-state index in [0.717, 1.165) is 26.3 Å². The van der Waals surface area contributed by atoms with E-state index >= 15 is 0 Å². The van der Waals surface area contributed by atoms with Crippen LogP contribution in [0.4, 0.5) is 0 Å². The lowest BCUT2D eigenvalue weighted by atomic mass is 10.1. The summed E-state index contributed by atoms with van der Waals surface area (Å²) in [4.78, 5) is 0. The zero-order valence-corrected chi connectivity index (χ0v) is 27.9. The van der Waals surface area contributed by atoms with Gasteiger partial charge in [0.2, 0.25) is 12.7 Å². The Bertz CT molecular complexity index is 766. The topological polar surface area (TPSA) is 36.1 Å². The Balaban J connectivity index is 1.38. The molecule has 6 nitrogen and oxygen atoms in total. The molecule has 0 spiro atoms. The molecule has 0 atom stereocenters. The minimum atomic E-state index is 0.662. The van der Waals surface area contributed by atoms with Gasteiger partial charge in [0.1, 0.15) is 24.8 Å². The predicted molar refractivity (Wildman–Crippen MR) is 174 cm³/mol. The number of hydrogen-bond donors (Lipinski definition) is 0. The Kier molecular flexibility index (Phi) is 23.4. The average Bonchev–Trinajstić information content (AvgIpc) is 3.66. The molecule has 0 N–H and O–H groups in total. The Labute approximate surface area is 259 Å². The molecule has 0 aliphatic heterocycles. The van der Waals surface area contributed by atoms with Gasteiger partial charge in [-0.3, -0.25) is 0 Å². The summed E-state index contributed by atoms with van der Waals surface area (Å²) in [7, 11) is 0. The van der Waals surface area contributed by atoms with Gasteiger partial charge in [-0.1, -0.05) is 129 Å². The smallest absolute Gasteiger partial charge is 0.245 e. The van der Waals surface area contributed by atoms with E-state index in [1.807, 2.05) is 0 Å². The minimum absolute atomic E-state index is 0.662. The van der Waals surface area contributed by atoms with E-state index in [9.17, 15) is 0 Å². The number of hydrogen-bond acceptors (Lipinski definition) is 2. The highest BCUT2D eigenvalue weighted by Crippen LogP contribution is 2.11. The number of aromatic nitrogens is 4. The molecule has 2 aromatic heterocycles. The van der Waals surface area contributed by atoms with Gasteiger partial charge < -0.3 is 9.47 Å². The predicted octanol–water partition coefficient (Wildman–Crippen LogP) is 9.14. The third kappa shape index (κ3) is 20.3. The van der Waals surface area contributed by atoms with E-state index in [1.165, 1.54) is 141 Å². The van der Waals surface area contributed by atoms with Crippen molar-refractivity contribution in [3.05, 3.63) is 37.4 Å².